The number of nitrogens with zero attached hydrogens (tertiary/aromatic N) is 2. The van der Waals surface area contributed by atoms with Gasteiger partial charge in [0.25, 0.3) is 5.91 Å². The number of carbonyl (C=O) groups is 1. The molecule has 4 N–H and O–H groups in total. The molecule has 20 heavy (non-hydrogen) atoms. The number of pyridine rings is 2. The predicted molar refractivity (Wildman–Crippen MR) is 74.0 cm³/mol. The fourth-order valence-electron chi connectivity index (χ4n) is 1.53. The Morgan fingerprint density at radius 1 is 1.25 bits per heavy atom. The fourth-order valence-corrected chi connectivity index (χ4v) is 1.53. The summed E-state index contributed by atoms with van der Waals surface area (Å²) in [6.45, 7) is 0.382. The minimum Gasteiger partial charge on any atom is -0.481 e. The van der Waals surface area contributed by atoms with E-state index < -0.39 is 0 Å². The van der Waals surface area contributed by atoms with Gasteiger partial charge >= 0.3 is 0 Å². The maximum atomic E-state index is 11.9. The maximum Gasteiger partial charge on any atom is 0.253 e. The Balaban J connectivity index is 1.93. The standard InChI is InChI=1S/C13H15N5O2/c1-20-12-5-2-9(6-16-12)7-17-13(19)10-3-4-11(18-14)15-8-10/h2-6,8H,7,14H2,1H3,(H,15,18)(H,17,19). The van der Waals surface area contributed by atoms with Crippen molar-refractivity contribution in [1.82, 2.24) is 15.3 Å². The second-order valence-electron chi connectivity index (χ2n) is 3.97. The first-order valence-corrected chi connectivity index (χ1v) is 5.92. The molecule has 0 bridgehead atoms. The molecule has 2 aromatic rings. The van der Waals surface area contributed by atoms with Crippen LogP contribution in [0.25, 0.3) is 0 Å². The van der Waals surface area contributed by atoms with Gasteiger partial charge in [-0.15, -0.1) is 0 Å². The van der Waals surface area contributed by atoms with Gasteiger partial charge in [0.05, 0.1) is 12.7 Å². The van der Waals surface area contributed by atoms with E-state index in [0.717, 1.165) is 5.56 Å². The van der Waals surface area contributed by atoms with Crippen LogP contribution in [-0.2, 0) is 6.54 Å². The summed E-state index contributed by atoms with van der Waals surface area (Å²) in [4.78, 5) is 19.9. The van der Waals surface area contributed by atoms with E-state index in [-0.39, 0.29) is 5.91 Å². The summed E-state index contributed by atoms with van der Waals surface area (Å²) in [6.07, 6.45) is 3.11. The zero-order valence-electron chi connectivity index (χ0n) is 11.0. The Kier molecular flexibility index (Phi) is 4.46. The number of nitrogens with two attached hydrogens (primary N) is 1. The highest BCUT2D eigenvalue weighted by molar-refractivity contribution is 5.93. The average Bonchev–Trinajstić information content (AvgIpc) is 2.53. The van der Waals surface area contributed by atoms with Gasteiger partial charge in [-0.1, -0.05) is 6.07 Å². The number of methoxy groups -OCH3 is 1. The zero-order valence-corrected chi connectivity index (χ0v) is 11.0. The molecule has 2 aromatic heterocycles. The molecular formula is C13H15N5O2. The summed E-state index contributed by atoms with van der Waals surface area (Å²) in [5.74, 6) is 6.03. The van der Waals surface area contributed by atoms with Crippen LogP contribution in [0.2, 0.25) is 0 Å². The Labute approximate surface area is 116 Å². The quantitative estimate of drug-likeness (QED) is 0.547. The molecule has 0 aromatic carbocycles. The van der Waals surface area contributed by atoms with Gasteiger partial charge in [0.2, 0.25) is 5.88 Å². The first-order valence-electron chi connectivity index (χ1n) is 5.92. The van der Waals surface area contributed by atoms with E-state index in [4.69, 9.17) is 10.6 Å². The van der Waals surface area contributed by atoms with E-state index in [1.165, 1.54) is 6.20 Å². The normalized spacial score (nSPS) is 9.90. The summed E-state index contributed by atoms with van der Waals surface area (Å²) < 4.78 is 4.96. The van der Waals surface area contributed by atoms with Crippen molar-refractivity contribution in [2.24, 2.45) is 5.84 Å². The minimum atomic E-state index is -0.211. The molecule has 7 heteroatoms. The first kappa shape index (κ1) is 13.8. The van der Waals surface area contributed by atoms with Crippen LogP contribution in [-0.4, -0.2) is 23.0 Å². The van der Waals surface area contributed by atoms with Gasteiger partial charge in [0.15, 0.2) is 0 Å². The lowest BCUT2D eigenvalue weighted by Gasteiger charge is -2.06. The molecule has 0 aliphatic rings. The van der Waals surface area contributed by atoms with Gasteiger partial charge < -0.3 is 15.5 Å². The van der Waals surface area contributed by atoms with Crippen molar-refractivity contribution in [3.8, 4) is 5.88 Å². The van der Waals surface area contributed by atoms with Crippen molar-refractivity contribution in [3.05, 3.63) is 47.8 Å². The van der Waals surface area contributed by atoms with Crippen LogP contribution in [0.15, 0.2) is 36.7 Å². The van der Waals surface area contributed by atoms with E-state index in [1.807, 2.05) is 6.07 Å². The number of aromatic nitrogens is 2. The number of nitrogens with one attached hydrogen (secondary N) is 2. The molecule has 2 rings (SSSR count). The van der Waals surface area contributed by atoms with Crippen molar-refractivity contribution in [2.75, 3.05) is 12.5 Å². The third kappa shape index (κ3) is 3.42. The number of hydrogen-bond acceptors (Lipinski definition) is 6. The number of hydrogen-bond donors (Lipinski definition) is 3. The highest BCUT2D eigenvalue weighted by atomic mass is 16.5. The van der Waals surface area contributed by atoms with E-state index >= 15 is 0 Å². The third-order valence-electron chi connectivity index (χ3n) is 2.63. The molecule has 1 amide bonds. The van der Waals surface area contributed by atoms with Crippen LogP contribution in [0, 0.1) is 0 Å². The van der Waals surface area contributed by atoms with E-state index in [0.29, 0.717) is 23.8 Å². The Morgan fingerprint density at radius 3 is 2.65 bits per heavy atom. The molecule has 0 saturated carbocycles. The largest absolute Gasteiger partial charge is 0.481 e. The summed E-state index contributed by atoms with van der Waals surface area (Å²) in [6, 6.07) is 6.85. The number of ether oxygens (including phenoxy) is 1. The SMILES string of the molecule is COc1ccc(CNC(=O)c2ccc(NN)nc2)cn1. The number of rotatable bonds is 5. The fraction of sp³-hybridized carbons (Fsp3) is 0.154. The number of hydrazine groups is 1. The van der Waals surface area contributed by atoms with E-state index in [2.05, 4.69) is 20.7 Å². The summed E-state index contributed by atoms with van der Waals surface area (Å²) in [7, 11) is 1.55. The summed E-state index contributed by atoms with van der Waals surface area (Å²) >= 11 is 0. The van der Waals surface area contributed by atoms with Crippen molar-refractivity contribution in [3.63, 3.8) is 0 Å². The van der Waals surface area contributed by atoms with Crippen LogP contribution < -0.4 is 21.3 Å². The Morgan fingerprint density at radius 2 is 2.10 bits per heavy atom. The monoisotopic (exact) mass is 273 g/mol. The predicted octanol–water partition coefficient (Wildman–Crippen LogP) is 0.701. The van der Waals surface area contributed by atoms with Crippen LogP contribution >= 0.6 is 0 Å². The number of anilines is 1. The third-order valence-corrected chi connectivity index (χ3v) is 2.63. The van der Waals surface area contributed by atoms with Crippen LogP contribution in [0.1, 0.15) is 15.9 Å². The highest BCUT2D eigenvalue weighted by Crippen LogP contribution is 2.07. The minimum absolute atomic E-state index is 0.211. The molecule has 0 radical (unpaired) electrons. The number of carbonyl (C=O) groups excluding carboxylic acids is 1. The number of nitrogen functional groups attached to an aromatic ring is 1. The summed E-state index contributed by atoms with van der Waals surface area (Å²) in [5.41, 5.74) is 3.74. The van der Waals surface area contributed by atoms with E-state index in [1.54, 1.807) is 31.5 Å². The molecule has 0 saturated heterocycles. The van der Waals surface area contributed by atoms with Crippen LogP contribution in [0.5, 0.6) is 5.88 Å². The molecule has 0 aliphatic heterocycles. The molecule has 0 unspecified atom stereocenters. The second-order valence-corrected chi connectivity index (χ2v) is 3.97. The van der Waals surface area contributed by atoms with Crippen molar-refractivity contribution >= 4 is 11.7 Å². The Hall–Kier alpha value is -2.67. The van der Waals surface area contributed by atoms with Gasteiger partial charge in [0, 0.05) is 25.0 Å². The lowest BCUT2D eigenvalue weighted by molar-refractivity contribution is 0.0950. The topological polar surface area (TPSA) is 102 Å². The van der Waals surface area contributed by atoms with Crippen LogP contribution in [0.3, 0.4) is 0 Å². The van der Waals surface area contributed by atoms with Crippen LogP contribution in [0.4, 0.5) is 5.82 Å². The highest BCUT2D eigenvalue weighted by Gasteiger charge is 2.06. The Bertz CT molecular complexity index is 568. The van der Waals surface area contributed by atoms with Gasteiger partial charge in [0.1, 0.15) is 5.82 Å². The molecular weight excluding hydrogens is 258 g/mol. The van der Waals surface area contributed by atoms with Gasteiger partial charge in [-0.3, -0.25) is 4.79 Å². The van der Waals surface area contributed by atoms with Crippen molar-refractivity contribution in [1.29, 1.82) is 0 Å². The zero-order chi connectivity index (χ0) is 14.4. The first-order chi connectivity index (χ1) is 9.72. The molecule has 2 heterocycles. The van der Waals surface area contributed by atoms with Gasteiger partial charge in [-0.25, -0.2) is 15.8 Å². The maximum absolute atomic E-state index is 11.9. The molecule has 0 fully saturated rings. The molecule has 104 valence electrons. The molecule has 0 spiro atoms. The molecule has 0 atom stereocenters. The van der Waals surface area contributed by atoms with Gasteiger partial charge in [-0.05, 0) is 17.7 Å². The smallest absolute Gasteiger partial charge is 0.253 e. The molecule has 7 nitrogen and oxygen atoms in total. The number of amides is 1. The lowest BCUT2D eigenvalue weighted by Crippen LogP contribution is -2.23. The lowest BCUT2D eigenvalue weighted by atomic mass is 10.2. The van der Waals surface area contributed by atoms with Crippen molar-refractivity contribution in [2.45, 2.75) is 6.54 Å². The molecule has 0 aliphatic carbocycles. The van der Waals surface area contributed by atoms with E-state index in [9.17, 15) is 4.79 Å². The van der Waals surface area contributed by atoms with Crippen molar-refractivity contribution < 1.29 is 9.53 Å². The van der Waals surface area contributed by atoms with Gasteiger partial charge in [-0.2, -0.15) is 0 Å². The summed E-state index contributed by atoms with van der Waals surface area (Å²) in [5, 5.41) is 2.78. The second kappa shape index (κ2) is 6.48. The average molecular weight is 273 g/mol.